The zero-order valence-corrected chi connectivity index (χ0v) is 17.1. The molecule has 0 aliphatic carbocycles. The quantitative estimate of drug-likeness (QED) is 0.768. The maximum absolute atomic E-state index is 12.8. The fraction of sp³-hybridized carbons (Fsp3) is 0.500. The number of nitrogens with one attached hydrogen (secondary N) is 1. The number of amides is 2. The molecule has 1 unspecified atom stereocenters. The Bertz CT molecular complexity index is 881. The number of nitrogen functional groups attached to an aromatic ring is 1. The van der Waals surface area contributed by atoms with E-state index in [1.807, 2.05) is 20.2 Å². The number of ether oxygens (including phenoxy) is 1. The number of hydrogen-bond acceptors (Lipinski definition) is 6. The third-order valence-corrected chi connectivity index (χ3v) is 4.98. The van der Waals surface area contributed by atoms with Crippen LogP contribution in [0.2, 0.25) is 0 Å². The van der Waals surface area contributed by atoms with Crippen molar-refractivity contribution in [3.63, 3.8) is 0 Å². The third-order valence-electron chi connectivity index (χ3n) is 4.98. The largest absolute Gasteiger partial charge is 0.446 e. The van der Waals surface area contributed by atoms with E-state index in [1.165, 1.54) is 0 Å². The molecule has 0 bridgehead atoms. The van der Waals surface area contributed by atoms with Crippen molar-refractivity contribution in [1.82, 2.24) is 25.0 Å². The van der Waals surface area contributed by atoms with Gasteiger partial charge in [-0.25, -0.2) is 9.78 Å². The molecular formula is C20H28N6O3. The van der Waals surface area contributed by atoms with Crippen molar-refractivity contribution in [2.75, 3.05) is 18.8 Å². The summed E-state index contributed by atoms with van der Waals surface area (Å²) in [5.41, 5.74) is 7.85. The van der Waals surface area contributed by atoms with Gasteiger partial charge in [0.2, 0.25) is 0 Å². The molecule has 29 heavy (non-hydrogen) atoms. The lowest BCUT2D eigenvalue weighted by Crippen LogP contribution is -2.39. The lowest BCUT2D eigenvalue weighted by molar-refractivity contribution is 0.0712. The van der Waals surface area contributed by atoms with Gasteiger partial charge in [0.15, 0.2) is 0 Å². The molecule has 2 amide bonds. The molecule has 9 nitrogen and oxygen atoms in total. The Morgan fingerprint density at radius 3 is 2.86 bits per heavy atom. The van der Waals surface area contributed by atoms with Crippen LogP contribution in [0.4, 0.5) is 10.6 Å². The van der Waals surface area contributed by atoms with Gasteiger partial charge in [-0.15, -0.1) is 0 Å². The van der Waals surface area contributed by atoms with E-state index in [1.54, 1.807) is 28.0 Å². The van der Waals surface area contributed by atoms with Gasteiger partial charge in [-0.1, -0.05) is 13.3 Å². The molecule has 0 spiro atoms. The van der Waals surface area contributed by atoms with Gasteiger partial charge in [0.25, 0.3) is 5.91 Å². The molecular weight excluding hydrogens is 372 g/mol. The number of aromatic nitrogens is 3. The molecule has 0 aromatic carbocycles. The Balaban J connectivity index is 1.61. The molecule has 1 aliphatic rings. The topological polar surface area (TPSA) is 115 Å². The second kappa shape index (κ2) is 8.93. The van der Waals surface area contributed by atoms with Crippen LogP contribution in [-0.4, -0.2) is 56.9 Å². The summed E-state index contributed by atoms with van der Waals surface area (Å²) in [7, 11) is 1.82. The maximum atomic E-state index is 12.8. The van der Waals surface area contributed by atoms with Crippen molar-refractivity contribution >= 4 is 17.8 Å². The highest BCUT2D eigenvalue weighted by Gasteiger charge is 2.29. The molecule has 3 N–H and O–H groups in total. The molecule has 1 fully saturated rings. The zero-order valence-electron chi connectivity index (χ0n) is 17.1. The van der Waals surface area contributed by atoms with Crippen molar-refractivity contribution in [3.8, 4) is 11.1 Å². The van der Waals surface area contributed by atoms with Gasteiger partial charge in [0.05, 0.1) is 11.8 Å². The number of carbonyl (C=O) groups excluding carboxylic acids is 2. The van der Waals surface area contributed by atoms with Crippen LogP contribution in [0.15, 0.2) is 24.7 Å². The standard InChI is InChI=1S/C20H28N6O3/c1-4-5-13(2)29-20(28)26-7-6-16(12-26)24-19(27)17-8-14(9-22-18(17)21)15-10-23-25(3)11-15/h8-11,13,16H,4-7,12H2,1-3H3,(H2,21,22)(H,24,27)/t13?,16-/m1/s1. The Labute approximate surface area is 170 Å². The molecule has 2 atom stereocenters. The monoisotopic (exact) mass is 400 g/mol. The van der Waals surface area contributed by atoms with Crippen LogP contribution in [0.25, 0.3) is 11.1 Å². The van der Waals surface area contributed by atoms with Gasteiger partial charge in [0.1, 0.15) is 11.9 Å². The lowest BCUT2D eigenvalue weighted by atomic mass is 10.1. The normalized spacial score (nSPS) is 17.2. The fourth-order valence-electron chi connectivity index (χ4n) is 3.40. The van der Waals surface area contributed by atoms with Crippen molar-refractivity contribution in [3.05, 3.63) is 30.2 Å². The van der Waals surface area contributed by atoms with E-state index in [0.717, 1.165) is 24.0 Å². The SMILES string of the molecule is CCCC(C)OC(=O)N1CC[C@@H](NC(=O)c2cc(-c3cnn(C)c3)cnc2N)C1. The average Bonchev–Trinajstić information content (AvgIpc) is 3.31. The molecule has 1 saturated heterocycles. The predicted octanol–water partition coefficient (Wildman–Crippen LogP) is 2.19. The Morgan fingerprint density at radius 2 is 2.17 bits per heavy atom. The number of hydrogen-bond donors (Lipinski definition) is 2. The van der Waals surface area contributed by atoms with E-state index < -0.39 is 0 Å². The lowest BCUT2D eigenvalue weighted by Gasteiger charge is -2.20. The van der Waals surface area contributed by atoms with E-state index in [0.29, 0.717) is 25.1 Å². The van der Waals surface area contributed by atoms with Crippen LogP contribution < -0.4 is 11.1 Å². The summed E-state index contributed by atoms with van der Waals surface area (Å²) in [6.45, 7) is 4.91. The molecule has 0 saturated carbocycles. The number of pyridine rings is 1. The number of anilines is 1. The number of nitrogens with two attached hydrogens (primary N) is 1. The first-order valence-electron chi connectivity index (χ1n) is 9.88. The Kier molecular flexibility index (Phi) is 6.36. The van der Waals surface area contributed by atoms with Gasteiger partial charge in [-0.05, 0) is 25.8 Å². The first-order chi connectivity index (χ1) is 13.9. The van der Waals surface area contributed by atoms with Crippen LogP contribution in [-0.2, 0) is 11.8 Å². The molecule has 2 aromatic rings. The molecule has 0 radical (unpaired) electrons. The highest BCUT2D eigenvalue weighted by atomic mass is 16.6. The fourth-order valence-corrected chi connectivity index (χ4v) is 3.40. The van der Waals surface area contributed by atoms with Crippen LogP contribution in [0.1, 0.15) is 43.5 Å². The smallest absolute Gasteiger partial charge is 0.410 e. The molecule has 3 heterocycles. The summed E-state index contributed by atoms with van der Waals surface area (Å²) < 4.78 is 7.11. The number of rotatable bonds is 6. The Hall–Kier alpha value is -3.10. The summed E-state index contributed by atoms with van der Waals surface area (Å²) in [4.78, 5) is 30.8. The van der Waals surface area contributed by atoms with Crippen LogP contribution in [0.5, 0.6) is 0 Å². The van der Waals surface area contributed by atoms with E-state index >= 15 is 0 Å². The first kappa shape index (κ1) is 20.6. The van der Waals surface area contributed by atoms with E-state index in [9.17, 15) is 9.59 Å². The molecule has 2 aromatic heterocycles. The van der Waals surface area contributed by atoms with Crippen molar-refractivity contribution in [2.24, 2.45) is 7.05 Å². The van der Waals surface area contributed by atoms with Gasteiger partial charge < -0.3 is 20.7 Å². The van der Waals surface area contributed by atoms with E-state index in [2.05, 4.69) is 22.3 Å². The molecule has 156 valence electrons. The van der Waals surface area contributed by atoms with Gasteiger partial charge in [-0.3, -0.25) is 9.48 Å². The molecule has 9 heteroatoms. The molecule has 1 aliphatic heterocycles. The average molecular weight is 400 g/mol. The summed E-state index contributed by atoms with van der Waals surface area (Å²) in [5, 5.41) is 7.09. The number of carbonyl (C=O) groups is 2. The second-order valence-electron chi connectivity index (χ2n) is 7.45. The third kappa shape index (κ3) is 5.04. The Morgan fingerprint density at radius 1 is 1.38 bits per heavy atom. The maximum Gasteiger partial charge on any atom is 0.410 e. The first-order valence-corrected chi connectivity index (χ1v) is 9.88. The van der Waals surface area contributed by atoms with Gasteiger partial charge >= 0.3 is 6.09 Å². The van der Waals surface area contributed by atoms with E-state index in [4.69, 9.17) is 10.5 Å². The summed E-state index contributed by atoms with van der Waals surface area (Å²) >= 11 is 0. The minimum atomic E-state index is -0.331. The van der Waals surface area contributed by atoms with Crippen molar-refractivity contribution in [1.29, 1.82) is 0 Å². The van der Waals surface area contributed by atoms with Crippen LogP contribution >= 0.6 is 0 Å². The second-order valence-corrected chi connectivity index (χ2v) is 7.45. The van der Waals surface area contributed by atoms with Crippen molar-refractivity contribution in [2.45, 2.75) is 45.3 Å². The number of nitrogens with zero attached hydrogens (tertiary/aromatic N) is 4. The number of likely N-dealkylation sites (tertiary alicyclic amines) is 1. The van der Waals surface area contributed by atoms with Crippen LogP contribution in [0, 0.1) is 0 Å². The highest BCUT2D eigenvalue weighted by Crippen LogP contribution is 2.22. The number of aryl methyl sites for hydroxylation is 1. The minimum absolute atomic E-state index is 0.109. The zero-order chi connectivity index (χ0) is 21.0. The molecule has 3 rings (SSSR count). The van der Waals surface area contributed by atoms with Gasteiger partial charge in [0, 0.05) is 49.7 Å². The highest BCUT2D eigenvalue weighted by molar-refractivity contribution is 5.99. The van der Waals surface area contributed by atoms with Crippen LogP contribution in [0.3, 0.4) is 0 Å². The summed E-state index contributed by atoms with van der Waals surface area (Å²) in [5.74, 6) is -0.141. The minimum Gasteiger partial charge on any atom is -0.446 e. The predicted molar refractivity (Wildman–Crippen MR) is 109 cm³/mol. The summed E-state index contributed by atoms with van der Waals surface area (Å²) in [6, 6.07) is 1.56. The van der Waals surface area contributed by atoms with E-state index in [-0.39, 0.29) is 30.0 Å². The van der Waals surface area contributed by atoms with Crippen molar-refractivity contribution < 1.29 is 14.3 Å². The summed E-state index contributed by atoms with van der Waals surface area (Å²) in [6.07, 6.45) is 7.18. The van der Waals surface area contributed by atoms with Gasteiger partial charge in [-0.2, -0.15) is 5.10 Å².